The third-order valence-electron chi connectivity index (χ3n) is 2.93. The third-order valence-corrected chi connectivity index (χ3v) is 2.93. The topological polar surface area (TPSA) is 76.7 Å². The Hall–Kier alpha value is -2.24. The fraction of sp³-hybridized carbons (Fsp3) is 0.529. The van der Waals surface area contributed by atoms with E-state index in [4.69, 9.17) is 9.47 Å². The Bertz CT molecular complexity index is 486. The lowest BCUT2D eigenvalue weighted by molar-refractivity contribution is -0.120. The zero-order valence-electron chi connectivity index (χ0n) is 14.1. The molecular weight excluding hydrogens is 296 g/mol. The fourth-order valence-corrected chi connectivity index (χ4v) is 1.90. The number of ether oxygens (including phenoxy) is 2. The summed E-state index contributed by atoms with van der Waals surface area (Å²) in [5, 5.41) is 5.33. The van der Waals surface area contributed by atoms with Crippen molar-refractivity contribution in [2.45, 2.75) is 39.7 Å². The van der Waals surface area contributed by atoms with Gasteiger partial charge in [0.15, 0.2) is 0 Å². The van der Waals surface area contributed by atoms with Crippen LogP contribution < -0.4 is 15.4 Å². The van der Waals surface area contributed by atoms with Gasteiger partial charge in [0.1, 0.15) is 5.75 Å². The average molecular weight is 322 g/mol. The van der Waals surface area contributed by atoms with Crippen LogP contribution >= 0.6 is 0 Å². The number of nitrogens with one attached hydrogen (secondary N) is 2. The Morgan fingerprint density at radius 1 is 1.09 bits per heavy atom. The zero-order valence-corrected chi connectivity index (χ0v) is 14.1. The molecule has 0 aliphatic carbocycles. The van der Waals surface area contributed by atoms with E-state index < -0.39 is 6.09 Å². The highest BCUT2D eigenvalue weighted by Crippen LogP contribution is 2.13. The van der Waals surface area contributed by atoms with Crippen LogP contribution in [0.25, 0.3) is 0 Å². The minimum absolute atomic E-state index is 0.0958. The van der Waals surface area contributed by atoms with E-state index in [1.165, 1.54) is 0 Å². The highest BCUT2D eigenvalue weighted by molar-refractivity contribution is 5.76. The first-order valence-electron chi connectivity index (χ1n) is 7.94. The molecule has 0 fully saturated rings. The van der Waals surface area contributed by atoms with Crippen molar-refractivity contribution in [2.75, 3.05) is 19.7 Å². The molecule has 0 unspecified atom stereocenters. The van der Waals surface area contributed by atoms with E-state index in [9.17, 15) is 9.59 Å². The molecular formula is C17H26N2O4. The molecule has 6 heteroatoms. The van der Waals surface area contributed by atoms with Crippen molar-refractivity contribution in [1.29, 1.82) is 0 Å². The van der Waals surface area contributed by atoms with Crippen molar-refractivity contribution in [3.05, 3.63) is 29.8 Å². The molecule has 0 bridgehead atoms. The maximum Gasteiger partial charge on any atom is 0.407 e. The van der Waals surface area contributed by atoms with Crippen LogP contribution in [0.4, 0.5) is 4.79 Å². The molecule has 1 aromatic rings. The van der Waals surface area contributed by atoms with Gasteiger partial charge in [-0.05, 0) is 44.9 Å². The average Bonchev–Trinajstić information content (AvgIpc) is 2.49. The SMILES string of the molecule is CCOC(=O)NCCC(=O)NCCc1ccc(OC(C)C)cc1. The van der Waals surface area contributed by atoms with E-state index in [-0.39, 0.29) is 25.0 Å². The number of hydrogen-bond acceptors (Lipinski definition) is 4. The van der Waals surface area contributed by atoms with E-state index in [0.29, 0.717) is 13.2 Å². The monoisotopic (exact) mass is 322 g/mol. The van der Waals surface area contributed by atoms with Gasteiger partial charge < -0.3 is 20.1 Å². The van der Waals surface area contributed by atoms with Gasteiger partial charge in [-0.2, -0.15) is 0 Å². The molecule has 0 heterocycles. The van der Waals surface area contributed by atoms with Crippen molar-refractivity contribution in [2.24, 2.45) is 0 Å². The summed E-state index contributed by atoms with van der Waals surface area (Å²) in [6.45, 7) is 6.85. The van der Waals surface area contributed by atoms with Gasteiger partial charge in [0.25, 0.3) is 0 Å². The van der Waals surface area contributed by atoms with Gasteiger partial charge in [-0.15, -0.1) is 0 Å². The standard InChI is InChI=1S/C17H26N2O4/c1-4-22-17(21)19-12-10-16(20)18-11-9-14-5-7-15(8-6-14)23-13(2)3/h5-8,13H,4,9-12H2,1-3H3,(H,18,20)(H,19,21). The summed E-state index contributed by atoms with van der Waals surface area (Å²) in [4.78, 5) is 22.7. The summed E-state index contributed by atoms with van der Waals surface area (Å²) in [5.74, 6) is 0.749. The molecule has 2 N–H and O–H groups in total. The Balaban J connectivity index is 2.18. The minimum Gasteiger partial charge on any atom is -0.491 e. The van der Waals surface area contributed by atoms with Gasteiger partial charge in [-0.25, -0.2) is 4.79 Å². The summed E-state index contributed by atoms with van der Waals surface area (Å²) in [6.07, 6.45) is 0.645. The molecule has 0 atom stereocenters. The number of benzene rings is 1. The zero-order chi connectivity index (χ0) is 17.1. The van der Waals surface area contributed by atoms with Crippen LogP contribution in [0.3, 0.4) is 0 Å². The van der Waals surface area contributed by atoms with Crippen LogP contribution in [-0.4, -0.2) is 37.8 Å². The van der Waals surface area contributed by atoms with Gasteiger partial charge in [0.05, 0.1) is 12.7 Å². The molecule has 6 nitrogen and oxygen atoms in total. The van der Waals surface area contributed by atoms with Gasteiger partial charge in [-0.3, -0.25) is 4.79 Å². The Labute approximate surface area is 137 Å². The van der Waals surface area contributed by atoms with Gasteiger partial charge in [0.2, 0.25) is 5.91 Å². The lowest BCUT2D eigenvalue weighted by atomic mass is 10.1. The molecule has 0 radical (unpaired) electrons. The fourth-order valence-electron chi connectivity index (χ4n) is 1.90. The molecule has 2 amide bonds. The van der Waals surface area contributed by atoms with Crippen LogP contribution in [0.15, 0.2) is 24.3 Å². The highest BCUT2D eigenvalue weighted by atomic mass is 16.5. The van der Waals surface area contributed by atoms with Crippen LogP contribution in [0, 0.1) is 0 Å². The number of hydrogen-bond donors (Lipinski definition) is 2. The molecule has 0 aliphatic rings. The first kappa shape index (κ1) is 18.8. The predicted octanol–water partition coefficient (Wildman–Crippen LogP) is 2.27. The largest absolute Gasteiger partial charge is 0.491 e. The second-order valence-electron chi connectivity index (χ2n) is 5.31. The number of carbonyl (C=O) groups excluding carboxylic acids is 2. The smallest absolute Gasteiger partial charge is 0.407 e. The Kier molecular flexibility index (Phi) is 8.57. The van der Waals surface area contributed by atoms with Crippen molar-refractivity contribution in [3.8, 4) is 5.75 Å². The van der Waals surface area contributed by atoms with Crippen molar-refractivity contribution in [3.63, 3.8) is 0 Å². The van der Waals surface area contributed by atoms with Gasteiger partial charge in [0, 0.05) is 19.5 Å². The molecule has 23 heavy (non-hydrogen) atoms. The minimum atomic E-state index is -0.496. The van der Waals surface area contributed by atoms with Crippen LogP contribution in [0.2, 0.25) is 0 Å². The van der Waals surface area contributed by atoms with E-state index in [2.05, 4.69) is 10.6 Å². The summed E-state index contributed by atoms with van der Waals surface area (Å²) in [7, 11) is 0. The lowest BCUT2D eigenvalue weighted by Gasteiger charge is -2.10. The van der Waals surface area contributed by atoms with E-state index in [1.54, 1.807) is 6.92 Å². The van der Waals surface area contributed by atoms with E-state index >= 15 is 0 Å². The first-order valence-corrected chi connectivity index (χ1v) is 7.94. The number of carbonyl (C=O) groups is 2. The Morgan fingerprint density at radius 3 is 2.39 bits per heavy atom. The molecule has 0 aromatic heterocycles. The van der Waals surface area contributed by atoms with Crippen LogP contribution in [0.1, 0.15) is 32.8 Å². The summed E-state index contributed by atoms with van der Waals surface area (Å²) in [6, 6.07) is 7.85. The normalized spacial score (nSPS) is 10.3. The molecule has 0 saturated heterocycles. The molecule has 1 aromatic carbocycles. The summed E-state index contributed by atoms with van der Waals surface area (Å²) in [5.41, 5.74) is 1.13. The van der Waals surface area contributed by atoms with Crippen molar-refractivity contribution < 1.29 is 19.1 Å². The highest BCUT2D eigenvalue weighted by Gasteiger charge is 2.04. The molecule has 1 rings (SSSR count). The second kappa shape index (κ2) is 10.5. The van der Waals surface area contributed by atoms with E-state index in [1.807, 2.05) is 38.1 Å². The van der Waals surface area contributed by atoms with Gasteiger partial charge in [-0.1, -0.05) is 12.1 Å². The van der Waals surface area contributed by atoms with E-state index in [0.717, 1.165) is 17.7 Å². The van der Waals surface area contributed by atoms with Crippen LogP contribution in [0.5, 0.6) is 5.75 Å². The predicted molar refractivity (Wildman–Crippen MR) is 88.6 cm³/mol. The molecule has 0 aliphatic heterocycles. The molecule has 128 valence electrons. The number of alkyl carbamates (subject to hydrolysis) is 1. The molecule has 0 saturated carbocycles. The third kappa shape index (κ3) is 8.70. The summed E-state index contributed by atoms with van der Waals surface area (Å²) < 4.78 is 10.3. The first-order chi connectivity index (χ1) is 11.0. The van der Waals surface area contributed by atoms with Crippen molar-refractivity contribution in [1.82, 2.24) is 10.6 Å². The van der Waals surface area contributed by atoms with Gasteiger partial charge >= 0.3 is 6.09 Å². The maximum atomic E-state index is 11.6. The lowest BCUT2D eigenvalue weighted by Crippen LogP contribution is -2.31. The number of amides is 2. The maximum absolute atomic E-state index is 11.6. The second-order valence-corrected chi connectivity index (χ2v) is 5.31. The summed E-state index contributed by atoms with van der Waals surface area (Å²) >= 11 is 0. The molecule has 0 spiro atoms. The quantitative estimate of drug-likeness (QED) is 0.731. The van der Waals surface area contributed by atoms with Crippen molar-refractivity contribution >= 4 is 12.0 Å². The van der Waals surface area contributed by atoms with Crippen LogP contribution in [-0.2, 0) is 16.0 Å². The Morgan fingerprint density at radius 2 is 1.78 bits per heavy atom. The number of rotatable bonds is 9.